The Morgan fingerprint density at radius 3 is 2.54 bits per heavy atom. The van der Waals surface area contributed by atoms with Crippen molar-refractivity contribution in [3.8, 4) is 5.75 Å². The molecule has 3 aliphatic rings. The summed E-state index contributed by atoms with van der Waals surface area (Å²) in [6.07, 6.45) is 3.30. The van der Waals surface area contributed by atoms with Gasteiger partial charge in [-0.25, -0.2) is 14.2 Å². The molecule has 3 aromatic rings. The highest BCUT2D eigenvalue weighted by molar-refractivity contribution is 7.22. The average Bonchev–Trinajstić information content (AvgIpc) is 3.40. The normalized spacial score (nSPS) is 22.3. The predicted molar refractivity (Wildman–Crippen MR) is 157 cm³/mol. The highest BCUT2D eigenvalue weighted by atomic mass is 35.5. The zero-order valence-corrected chi connectivity index (χ0v) is 24.7. The van der Waals surface area contributed by atoms with E-state index in [9.17, 15) is 14.3 Å². The predicted octanol–water partition coefficient (Wildman–Crippen LogP) is 6.81. The number of hydrogen-bond acceptors (Lipinski definition) is 9. The van der Waals surface area contributed by atoms with Crippen molar-refractivity contribution in [2.45, 2.75) is 37.8 Å². The number of piperidine rings is 1. The number of nitrogens with one attached hydrogen (secondary N) is 1. The number of fused-ring (bicyclic) bond motifs is 3. The number of aromatic nitrogens is 1. The molecular formula is C29H28Cl2FN3O5S. The molecule has 0 amide bonds. The van der Waals surface area contributed by atoms with Crippen LogP contribution in [0.2, 0.25) is 10.0 Å². The molecule has 2 N–H and O–H groups in total. The van der Waals surface area contributed by atoms with Gasteiger partial charge in [-0.15, -0.1) is 0 Å². The van der Waals surface area contributed by atoms with Crippen molar-refractivity contribution >= 4 is 61.6 Å². The van der Waals surface area contributed by atoms with E-state index in [-0.39, 0.29) is 63.2 Å². The zero-order chi connectivity index (χ0) is 29.0. The summed E-state index contributed by atoms with van der Waals surface area (Å²) in [5.41, 5.74) is 1.17. The fourth-order valence-electron chi connectivity index (χ4n) is 5.81. The zero-order valence-electron chi connectivity index (χ0n) is 22.4. The van der Waals surface area contributed by atoms with Crippen molar-refractivity contribution in [2.24, 2.45) is 11.8 Å². The van der Waals surface area contributed by atoms with E-state index in [2.05, 4.69) is 9.88 Å². The largest absolute Gasteiger partial charge is 0.512 e. The van der Waals surface area contributed by atoms with Crippen molar-refractivity contribution in [2.75, 3.05) is 32.3 Å². The number of ether oxygens (including phenoxy) is 3. The van der Waals surface area contributed by atoms with Gasteiger partial charge in [-0.3, -0.25) is 5.41 Å². The molecule has 0 radical (unpaired) electrons. The van der Waals surface area contributed by atoms with Crippen LogP contribution >= 0.6 is 34.5 Å². The fraction of sp³-hybridized carbons (Fsp3) is 0.414. The van der Waals surface area contributed by atoms with Crippen LogP contribution in [0.5, 0.6) is 5.75 Å². The maximum absolute atomic E-state index is 14.7. The second-order valence-electron chi connectivity index (χ2n) is 10.7. The summed E-state index contributed by atoms with van der Waals surface area (Å²) >= 11 is 14.3. The van der Waals surface area contributed by atoms with E-state index in [1.165, 1.54) is 25.6 Å². The Kier molecular flexibility index (Phi) is 7.61. The Morgan fingerprint density at radius 1 is 1.20 bits per heavy atom. The van der Waals surface area contributed by atoms with Crippen molar-refractivity contribution in [1.29, 1.82) is 5.41 Å². The molecule has 12 heteroatoms. The molecule has 216 valence electrons. The van der Waals surface area contributed by atoms with Gasteiger partial charge in [0.2, 0.25) is 0 Å². The van der Waals surface area contributed by atoms with E-state index in [1.54, 1.807) is 18.2 Å². The van der Waals surface area contributed by atoms with E-state index in [0.717, 1.165) is 31.7 Å². The number of carbonyl (C=O) groups excluding carboxylic acids is 1. The standard InChI is InChI=1S/C29H28Cl2FN3O5S/c1-38-17-9-19(30)24(20(31)10-17)25(33)18(27(36)13-3-4-13)12-40-22-8-16-5-15(22)11-35(16)29-34-26-21(32)6-14(28(37)39-2)7-23(26)41-29/h6-7,9-10,13,15-16,22,33,36H,3-5,8,11-12H2,1-2H3/b27-18-,33-25?/t15-,16-,22+/m0/s1. The molecule has 2 aromatic carbocycles. The maximum Gasteiger partial charge on any atom is 0.338 e. The summed E-state index contributed by atoms with van der Waals surface area (Å²) in [7, 11) is 2.78. The monoisotopic (exact) mass is 619 g/mol. The third-order valence-corrected chi connectivity index (χ3v) is 9.73. The van der Waals surface area contributed by atoms with Crippen molar-refractivity contribution in [1.82, 2.24) is 4.98 Å². The molecule has 8 nitrogen and oxygen atoms in total. The van der Waals surface area contributed by atoms with Crippen molar-refractivity contribution < 1.29 is 28.5 Å². The number of anilines is 1. The molecule has 3 fully saturated rings. The first-order chi connectivity index (χ1) is 19.7. The number of hydrogen-bond donors (Lipinski definition) is 2. The molecule has 1 aromatic heterocycles. The third kappa shape index (κ3) is 5.27. The molecule has 41 heavy (non-hydrogen) atoms. The van der Waals surface area contributed by atoms with Crippen LogP contribution in [-0.2, 0) is 9.47 Å². The van der Waals surface area contributed by atoms with Gasteiger partial charge in [-0.2, -0.15) is 0 Å². The van der Waals surface area contributed by atoms with E-state index >= 15 is 0 Å². The van der Waals surface area contributed by atoms with Gasteiger partial charge in [-0.1, -0.05) is 34.5 Å². The van der Waals surface area contributed by atoms with Crippen LogP contribution in [-0.4, -0.2) is 61.3 Å². The quantitative estimate of drug-likeness (QED) is 0.154. The number of thiazole rings is 1. The van der Waals surface area contributed by atoms with E-state index < -0.39 is 11.8 Å². The van der Waals surface area contributed by atoms with Crippen LogP contribution in [0, 0.1) is 23.1 Å². The lowest BCUT2D eigenvalue weighted by Gasteiger charge is -2.31. The molecule has 3 atom stereocenters. The number of esters is 1. The topological polar surface area (TPSA) is 105 Å². The van der Waals surface area contributed by atoms with E-state index in [1.807, 2.05) is 0 Å². The van der Waals surface area contributed by atoms with E-state index in [4.69, 9.17) is 42.8 Å². The summed E-state index contributed by atoms with van der Waals surface area (Å²) in [6, 6.07) is 6.13. The number of aliphatic hydroxyl groups excluding tert-OH is 1. The number of halogens is 3. The van der Waals surface area contributed by atoms with Gasteiger partial charge in [0, 0.05) is 35.6 Å². The molecule has 1 saturated heterocycles. The first kappa shape index (κ1) is 28.2. The highest BCUT2D eigenvalue weighted by Gasteiger charge is 2.46. The summed E-state index contributed by atoms with van der Waals surface area (Å²) in [5, 5.41) is 21.1. The summed E-state index contributed by atoms with van der Waals surface area (Å²) in [6.45, 7) is 0.762. The van der Waals surface area contributed by atoms with Gasteiger partial charge in [0.1, 0.15) is 17.0 Å². The molecule has 0 unspecified atom stereocenters. The second kappa shape index (κ2) is 11.1. The molecule has 2 saturated carbocycles. The first-order valence-corrected chi connectivity index (χ1v) is 14.9. The Labute approximate surface area is 250 Å². The molecule has 2 heterocycles. The number of aliphatic hydroxyl groups is 1. The Bertz CT molecular complexity index is 1570. The Morgan fingerprint density at radius 2 is 1.93 bits per heavy atom. The maximum atomic E-state index is 14.7. The van der Waals surface area contributed by atoms with E-state index in [0.29, 0.717) is 33.3 Å². The lowest BCUT2D eigenvalue weighted by atomic mass is 9.99. The molecule has 2 bridgehead atoms. The lowest BCUT2D eigenvalue weighted by Crippen LogP contribution is -2.39. The van der Waals surface area contributed by atoms with Crippen LogP contribution in [0.25, 0.3) is 10.2 Å². The number of nitrogens with zero attached hydrogens (tertiary/aromatic N) is 2. The number of methoxy groups -OCH3 is 2. The first-order valence-electron chi connectivity index (χ1n) is 13.3. The minimum atomic E-state index is -0.591. The number of benzene rings is 2. The SMILES string of the molecule is COC(=O)c1cc(F)c2nc(N3C[C@@H]4C[C@H]3C[C@H]4OC/C(C(=N)c3c(Cl)cc(OC)cc3Cl)=C(/O)C3CC3)sc2c1. The van der Waals surface area contributed by atoms with Crippen LogP contribution in [0.1, 0.15) is 41.6 Å². The van der Waals surface area contributed by atoms with Crippen LogP contribution < -0.4 is 9.64 Å². The number of carbonyl (C=O) groups is 1. The summed E-state index contributed by atoms with van der Waals surface area (Å²) in [4.78, 5) is 18.6. The van der Waals surface area contributed by atoms with Crippen molar-refractivity contribution in [3.63, 3.8) is 0 Å². The average molecular weight is 621 g/mol. The van der Waals surface area contributed by atoms with Gasteiger partial charge >= 0.3 is 5.97 Å². The molecule has 2 aliphatic carbocycles. The van der Waals surface area contributed by atoms with Gasteiger partial charge in [0.25, 0.3) is 0 Å². The van der Waals surface area contributed by atoms with Crippen LogP contribution in [0.4, 0.5) is 9.52 Å². The lowest BCUT2D eigenvalue weighted by molar-refractivity contribution is 0.0390. The number of rotatable bonds is 9. The van der Waals surface area contributed by atoms with Crippen LogP contribution in [0.15, 0.2) is 35.6 Å². The van der Waals surface area contributed by atoms with Gasteiger partial charge in [0.05, 0.1) is 53.0 Å². The van der Waals surface area contributed by atoms with Gasteiger partial charge in [0.15, 0.2) is 10.9 Å². The highest BCUT2D eigenvalue weighted by Crippen LogP contribution is 2.45. The summed E-state index contributed by atoms with van der Waals surface area (Å²) < 4.78 is 31.6. The fourth-order valence-corrected chi connectivity index (χ4v) is 7.56. The Balaban J connectivity index is 1.17. The second-order valence-corrected chi connectivity index (χ2v) is 12.5. The molecule has 0 spiro atoms. The summed E-state index contributed by atoms with van der Waals surface area (Å²) in [5.74, 6) is -0.271. The molecule has 1 aliphatic heterocycles. The van der Waals surface area contributed by atoms with Crippen LogP contribution in [0.3, 0.4) is 0 Å². The number of allylic oxidation sites excluding steroid dienone is 1. The van der Waals surface area contributed by atoms with Crippen molar-refractivity contribution in [3.05, 3.63) is 62.6 Å². The van der Waals surface area contributed by atoms with Gasteiger partial charge in [-0.05, 0) is 49.9 Å². The van der Waals surface area contributed by atoms with Gasteiger partial charge < -0.3 is 24.2 Å². The smallest absolute Gasteiger partial charge is 0.338 e. The Hall–Kier alpha value is -2.92. The minimum Gasteiger partial charge on any atom is -0.512 e. The third-order valence-electron chi connectivity index (χ3n) is 8.10. The minimum absolute atomic E-state index is 0.0133. The molecular weight excluding hydrogens is 592 g/mol. The molecule has 6 rings (SSSR count).